The van der Waals surface area contributed by atoms with Crippen molar-refractivity contribution < 1.29 is 18.5 Å². The lowest BCUT2D eigenvalue weighted by Crippen LogP contribution is -2.68. The third kappa shape index (κ3) is 3.10. The number of rotatable bonds is 5. The Balaban J connectivity index is 2.85. The summed E-state index contributed by atoms with van der Waals surface area (Å²) in [6, 6.07) is 0. The molecule has 1 rings (SSSR count). The molecule has 1 heterocycles. The highest BCUT2D eigenvalue weighted by Gasteiger charge is 2.50. The molecular formula is C12H23NO4S. The van der Waals surface area contributed by atoms with E-state index in [2.05, 4.69) is 4.72 Å². The standard InChI is InChI=1S/C12H23NO4S/c1-6-9(10(14)16-5)12(7-17-8-12)13-18(15)11(2,3)4/h9,13H,6-8H2,1-5H3/t9-,18-/m1/s1. The summed E-state index contributed by atoms with van der Waals surface area (Å²) in [6.45, 7) is 8.38. The van der Waals surface area contributed by atoms with Crippen molar-refractivity contribution >= 4 is 17.0 Å². The van der Waals surface area contributed by atoms with Gasteiger partial charge in [0.25, 0.3) is 0 Å². The molecule has 0 radical (unpaired) electrons. The fraction of sp³-hybridized carbons (Fsp3) is 0.917. The Labute approximate surface area is 111 Å². The zero-order chi connectivity index (χ0) is 14.0. The van der Waals surface area contributed by atoms with Crippen molar-refractivity contribution in [3.63, 3.8) is 0 Å². The summed E-state index contributed by atoms with van der Waals surface area (Å²) < 4.78 is 24.9. The van der Waals surface area contributed by atoms with Crippen molar-refractivity contribution in [2.75, 3.05) is 20.3 Å². The van der Waals surface area contributed by atoms with E-state index in [1.54, 1.807) is 0 Å². The van der Waals surface area contributed by atoms with E-state index in [-0.39, 0.29) is 16.6 Å². The van der Waals surface area contributed by atoms with Crippen molar-refractivity contribution in [1.29, 1.82) is 0 Å². The van der Waals surface area contributed by atoms with Crippen LogP contribution in [0.5, 0.6) is 0 Å². The van der Waals surface area contributed by atoms with Crippen molar-refractivity contribution in [1.82, 2.24) is 4.72 Å². The minimum Gasteiger partial charge on any atom is -0.469 e. The van der Waals surface area contributed by atoms with Gasteiger partial charge in [-0.25, -0.2) is 8.93 Å². The average Bonchev–Trinajstić information content (AvgIpc) is 2.24. The maximum absolute atomic E-state index is 12.2. The Morgan fingerprint density at radius 1 is 1.50 bits per heavy atom. The molecule has 0 amide bonds. The van der Waals surface area contributed by atoms with Crippen LogP contribution in [-0.2, 0) is 25.3 Å². The highest BCUT2D eigenvalue weighted by Crippen LogP contribution is 2.31. The summed E-state index contributed by atoms with van der Waals surface area (Å²) in [7, 11) is 0.140. The van der Waals surface area contributed by atoms with Gasteiger partial charge >= 0.3 is 5.97 Å². The molecule has 106 valence electrons. The van der Waals surface area contributed by atoms with E-state index in [0.29, 0.717) is 19.6 Å². The number of carbonyl (C=O) groups excluding carboxylic acids is 1. The first kappa shape index (κ1) is 15.6. The molecule has 0 spiro atoms. The molecule has 1 fully saturated rings. The zero-order valence-corrected chi connectivity index (χ0v) is 12.6. The molecule has 18 heavy (non-hydrogen) atoms. The number of ether oxygens (including phenoxy) is 2. The second-order valence-electron chi connectivity index (χ2n) is 5.62. The Hall–Kier alpha value is -0.460. The average molecular weight is 277 g/mol. The molecule has 0 saturated carbocycles. The van der Waals surface area contributed by atoms with Crippen LogP contribution in [0, 0.1) is 5.92 Å². The van der Waals surface area contributed by atoms with Crippen LogP contribution in [0.4, 0.5) is 0 Å². The molecule has 0 aromatic carbocycles. The zero-order valence-electron chi connectivity index (χ0n) is 11.7. The lowest BCUT2D eigenvalue weighted by Gasteiger charge is -2.46. The normalized spacial score (nSPS) is 21.8. The van der Waals surface area contributed by atoms with E-state index in [0.717, 1.165) is 0 Å². The number of carbonyl (C=O) groups is 1. The van der Waals surface area contributed by atoms with Gasteiger partial charge in [0.2, 0.25) is 0 Å². The van der Waals surface area contributed by atoms with Crippen LogP contribution < -0.4 is 4.72 Å². The van der Waals surface area contributed by atoms with Crippen LogP contribution >= 0.6 is 0 Å². The third-order valence-corrected chi connectivity index (χ3v) is 4.84. The van der Waals surface area contributed by atoms with Crippen molar-refractivity contribution in [2.45, 2.75) is 44.4 Å². The SMILES string of the molecule is CC[C@H](C(=O)OC)C1(N[S@](=O)C(C)(C)C)COC1. The number of methoxy groups -OCH3 is 1. The van der Waals surface area contributed by atoms with E-state index in [4.69, 9.17) is 9.47 Å². The monoisotopic (exact) mass is 277 g/mol. The molecule has 0 aliphatic carbocycles. The quantitative estimate of drug-likeness (QED) is 0.762. The Bertz CT molecular complexity index is 333. The van der Waals surface area contributed by atoms with Gasteiger partial charge in [-0.1, -0.05) is 6.92 Å². The number of esters is 1. The summed E-state index contributed by atoms with van der Waals surface area (Å²) in [5.41, 5.74) is -0.556. The first-order valence-corrected chi connectivity index (χ1v) is 7.27. The minimum atomic E-state index is -1.23. The van der Waals surface area contributed by atoms with E-state index in [1.807, 2.05) is 27.7 Å². The first-order valence-electron chi connectivity index (χ1n) is 6.12. The van der Waals surface area contributed by atoms with Gasteiger partial charge in [-0.15, -0.1) is 0 Å². The minimum absolute atomic E-state index is 0.279. The second-order valence-corrected chi connectivity index (χ2v) is 7.58. The second kappa shape index (κ2) is 5.67. The first-order chi connectivity index (χ1) is 8.27. The van der Waals surface area contributed by atoms with Gasteiger partial charge in [0, 0.05) is 0 Å². The lowest BCUT2D eigenvalue weighted by molar-refractivity contribution is -0.160. The van der Waals surface area contributed by atoms with Crippen LogP contribution in [0.1, 0.15) is 34.1 Å². The van der Waals surface area contributed by atoms with Gasteiger partial charge in [-0.2, -0.15) is 0 Å². The molecule has 1 aliphatic heterocycles. The molecule has 1 saturated heterocycles. The fourth-order valence-corrected chi connectivity index (χ4v) is 2.85. The van der Waals surface area contributed by atoms with Crippen molar-refractivity contribution in [3.05, 3.63) is 0 Å². The van der Waals surface area contributed by atoms with Crippen molar-refractivity contribution in [2.24, 2.45) is 5.92 Å². The topological polar surface area (TPSA) is 64.6 Å². The van der Waals surface area contributed by atoms with Gasteiger partial charge in [0.1, 0.15) is 0 Å². The van der Waals surface area contributed by atoms with Crippen LogP contribution in [0.15, 0.2) is 0 Å². The molecule has 1 N–H and O–H groups in total. The molecule has 0 aromatic heterocycles. The van der Waals surface area contributed by atoms with Crippen LogP contribution in [0.3, 0.4) is 0 Å². The van der Waals surface area contributed by atoms with Gasteiger partial charge < -0.3 is 9.47 Å². The van der Waals surface area contributed by atoms with E-state index in [1.165, 1.54) is 7.11 Å². The molecule has 0 bridgehead atoms. The van der Waals surface area contributed by atoms with Crippen LogP contribution in [0.2, 0.25) is 0 Å². The summed E-state index contributed by atoms with van der Waals surface area (Å²) in [4.78, 5) is 11.8. The lowest BCUT2D eigenvalue weighted by atomic mass is 9.81. The predicted molar refractivity (Wildman–Crippen MR) is 70.4 cm³/mol. The van der Waals surface area contributed by atoms with Crippen molar-refractivity contribution in [3.8, 4) is 0 Å². The van der Waals surface area contributed by atoms with Gasteiger partial charge in [0.05, 0.1) is 47.5 Å². The summed E-state index contributed by atoms with van der Waals surface area (Å²) >= 11 is 0. The van der Waals surface area contributed by atoms with Crippen LogP contribution in [0.25, 0.3) is 0 Å². The molecule has 0 aromatic rings. The Morgan fingerprint density at radius 2 is 2.06 bits per heavy atom. The van der Waals surface area contributed by atoms with Gasteiger partial charge in [0.15, 0.2) is 0 Å². The maximum Gasteiger partial charge on any atom is 0.310 e. The number of hydrogen-bond acceptors (Lipinski definition) is 4. The summed E-state index contributed by atoms with van der Waals surface area (Å²) in [6.07, 6.45) is 0.629. The fourth-order valence-electron chi connectivity index (χ4n) is 1.92. The smallest absolute Gasteiger partial charge is 0.310 e. The Kier molecular flexibility index (Phi) is 4.91. The molecule has 5 nitrogen and oxygen atoms in total. The highest BCUT2D eigenvalue weighted by molar-refractivity contribution is 7.84. The number of nitrogens with one attached hydrogen (secondary N) is 1. The largest absolute Gasteiger partial charge is 0.469 e. The molecule has 0 unspecified atom stereocenters. The van der Waals surface area contributed by atoms with E-state index < -0.39 is 16.5 Å². The third-order valence-electron chi connectivity index (χ3n) is 3.13. The van der Waals surface area contributed by atoms with Gasteiger partial charge in [-0.3, -0.25) is 4.79 Å². The van der Waals surface area contributed by atoms with Gasteiger partial charge in [-0.05, 0) is 27.2 Å². The van der Waals surface area contributed by atoms with E-state index >= 15 is 0 Å². The number of hydrogen-bond donors (Lipinski definition) is 1. The molecule has 1 aliphatic rings. The summed E-state index contributed by atoms with van der Waals surface area (Å²) in [5.74, 6) is -0.609. The predicted octanol–water partition coefficient (Wildman–Crippen LogP) is 1.01. The molecule has 2 atom stereocenters. The summed E-state index contributed by atoms with van der Waals surface area (Å²) in [5, 5.41) is 0. The highest BCUT2D eigenvalue weighted by atomic mass is 32.2. The Morgan fingerprint density at radius 3 is 2.33 bits per heavy atom. The van der Waals surface area contributed by atoms with E-state index in [9.17, 15) is 9.00 Å². The maximum atomic E-state index is 12.2. The van der Waals surface area contributed by atoms with Crippen LogP contribution in [-0.4, -0.2) is 40.8 Å². The molecule has 6 heteroatoms. The molecular weight excluding hydrogens is 254 g/mol.